The fourth-order valence-electron chi connectivity index (χ4n) is 1.78. The van der Waals surface area contributed by atoms with E-state index in [0.717, 1.165) is 6.07 Å². The van der Waals surface area contributed by atoms with Crippen molar-refractivity contribution in [2.24, 2.45) is 5.92 Å². The van der Waals surface area contributed by atoms with Crippen LogP contribution in [0.2, 0.25) is 0 Å². The van der Waals surface area contributed by atoms with Crippen LogP contribution in [-0.2, 0) is 9.53 Å². The molecule has 1 aromatic rings. The third-order valence-electron chi connectivity index (χ3n) is 2.72. The van der Waals surface area contributed by atoms with Gasteiger partial charge in [-0.1, -0.05) is 0 Å². The van der Waals surface area contributed by atoms with E-state index in [1.165, 1.54) is 0 Å². The molecule has 2 unspecified atom stereocenters. The number of H-pyrrole nitrogens is 2. The molecule has 1 amide bonds. The van der Waals surface area contributed by atoms with Gasteiger partial charge in [-0.2, -0.15) is 0 Å². The maximum absolute atomic E-state index is 11.8. The Hall–Kier alpha value is -2.42. The molecule has 4 N–H and O–H groups in total. The number of carbonyl (C=O) groups excluding carboxylic acids is 1. The number of hydrogen-bond acceptors (Lipinski definition) is 5. The van der Waals surface area contributed by atoms with Crippen LogP contribution in [0.1, 0.15) is 10.5 Å². The topological polar surface area (TPSA) is 141 Å². The molecule has 1 aromatic heterocycles. The molecule has 19 heavy (non-hydrogen) atoms. The van der Waals surface area contributed by atoms with Crippen molar-refractivity contribution in [1.82, 2.24) is 15.3 Å². The summed E-state index contributed by atoms with van der Waals surface area (Å²) in [6.07, 6.45) is 0. The third-order valence-corrected chi connectivity index (χ3v) is 2.72. The Kier molecular flexibility index (Phi) is 3.47. The molecule has 0 spiro atoms. The molecule has 0 aromatic carbocycles. The number of carbonyl (C=O) groups is 2. The average Bonchev–Trinajstić information content (AvgIpc) is 2.75. The van der Waals surface area contributed by atoms with Crippen LogP contribution in [0.25, 0.3) is 0 Å². The first-order valence-corrected chi connectivity index (χ1v) is 5.42. The van der Waals surface area contributed by atoms with Gasteiger partial charge in [-0.3, -0.25) is 19.4 Å². The zero-order valence-electron chi connectivity index (χ0n) is 9.63. The molecule has 1 fully saturated rings. The predicted octanol–water partition coefficient (Wildman–Crippen LogP) is -2.11. The number of rotatable bonds is 3. The molecular weight excluding hydrogens is 258 g/mol. The summed E-state index contributed by atoms with van der Waals surface area (Å²) in [6, 6.07) is 0.218. The van der Waals surface area contributed by atoms with Crippen molar-refractivity contribution in [3.05, 3.63) is 32.6 Å². The summed E-state index contributed by atoms with van der Waals surface area (Å²) in [6.45, 7) is 0.0717. The molecule has 2 atom stereocenters. The SMILES string of the molecule is O=C(NC1COCC1C(=O)O)c1cc(=O)[nH]c(=O)[nH]1. The fourth-order valence-corrected chi connectivity index (χ4v) is 1.78. The molecule has 0 bridgehead atoms. The number of aromatic nitrogens is 2. The molecule has 9 nitrogen and oxygen atoms in total. The smallest absolute Gasteiger partial charge is 0.326 e. The zero-order chi connectivity index (χ0) is 14.0. The highest BCUT2D eigenvalue weighted by Crippen LogP contribution is 2.14. The lowest BCUT2D eigenvalue weighted by atomic mass is 10.0. The third kappa shape index (κ3) is 2.88. The highest BCUT2D eigenvalue weighted by Gasteiger charge is 2.35. The van der Waals surface area contributed by atoms with E-state index in [4.69, 9.17) is 9.84 Å². The summed E-state index contributed by atoms with van der Waals surface area (Å²) in [5.74, 6) is -2.66. The van der Waals surface area contributed by atoms with Crippen LogP contribution >= 0.6 is 0 Å². The normalized spacial score (nSPS) is 22.1. The van der Waals surface area contributed by atoms with Gasteiger partial charge in [0.25, 0.3) is 11.5 Å². The van der Waals surface area contributed by atoms with Crippen LogP contribution in [0.4, 0.5) is 0 Å². The minimum absolute atomic E-state index is 0.00612. The Morgan fingerprint density at radius 1 is 1.32 bits per heavy atom. The minimum Gasteiger partial charge on any atom is -0.481 e. The number of hydrogen-bond donors (Lipinski definition) is 4. The van der Waals surface area contributed by atoms with Crippen molar-refractivity contribution >= 4 is 11.9 Å². The lowest BCUT2D eigenvalue weighted by molar-refractivity contribution is -0.142. The van der Waals surface area contributed by atoms with Crippen molar-refractivity contribution < 1.29 is 19.4 Å². The Labute approximate surface area is 105 Å². The summed E-state index contributed by atoms with van der Waals surface area (Å²) < 4.78 is 4.98. The zero-order valence-corrected chi connectivity index (χ0v) is 9.63. The molecule has 1 aliphatic rings. The van der Waals surface area contributed by atoms with Crippen molar-refractivity contribution in [1.29, 1.82) is 0 Å². The molecule has 0 saturated carbocycles. The maximum Gasteiger partial charge on any atom is 0.326 e. The molecule has 0 aliphatic carbocycles. The Morgan fingerprint density at radius 3 is 2.68 bits per heavy atom. The summed E-state index contributed by atoms with van der Waals surface area (Å²) in [5.41, 5.74) is -1.76. The van der Waals surface area contributed by atoms with Gasteiger partial charge in [0.1, 0.15) is 11.6 Å². The van der Waals surface area contributed by atoms with Crippen LogP contribution in [0.3, 0.4) is 0 Å². The van der Waals surface area contributed by atoms with Crippen LogP contribution in [-0.4, -0.2) is 46.2 Å². The van der Waals surface area contributed by atoms with Gasteiger partial charge < -0.3 is 20.1 Å². The van der Waals surface area contributed by atoms with E-state index in [0.29, 0.717) is 0 Å². The predicted molar refractivity (Wildman–Crippen MR) is 60.9 cm³/mol. The fraction of sp³-hybridized carbons (Fsp3) is 0.400. The highest BCUT2D eigenvalue weighted by molar-refractivity contribution is 5.92. The van der Waals surface area contributed by atoms with Gasteiger partial charge in [0.05, 0.1) is 19.3 Å². The van der Waals surface area contributed by atoms with Crippen LogP contribution < -0.4 is 16.6 Å². The Balaban J connectivity index is 2.15. The van der Waals surface area contributed by atoms with E-state index in [9.17, 15) is 19.2 Å². The van der Waals surface area contributed by atoms with Gasteiger partial charge in [-0.05, 0) is 0 Å². The second kappa shape index (κ2) is 5.06. The maximum atomic E-state index is 11.8. The highest BCUT2D eigenvalue weighted by atomic mass is 16.5. The van der Waals surface area contributed by atoms with Crippen LogP contribution in [0.5, 0.6) is 0 Å². The molecule has 9 heteroatoms. The van der Waals surface area contributed by atoms with Gasteiger partial charge in [-0.15, -0.1) is 0 Å². The van der Waals surface area contributed by atoms with Crippen molar-refractivity contribution in [3.63, 3.8) is 0 Å². The number of ether oxygens (including phenoxy) is 1. The largest absolute Gasteiger partial charge is 0.481 e. The van der Waals surface area contributed by atoms with Crippen molar-refractivity contribution in [2.75, 3.05) is 13.2 Å². The number of aromatic amines is 2. The molecule has 2 heterocycles. The first-order valence-electron chi connectivity index (χ1n) is 5.42. The number of amides is 1. The lowest BCUT2D eigenvalue weighted by Crippen LogP contribution is -2.43. The van der Waals surface area contributed by atoms with E-state index in [2.05, 4.69) is 10.3 Å². The van der Waals surface area contributed by atoms with Crippen molar-refractivity contribution in [3.8, 4) is 0 Å². The second-order valence-corrected chi connectivity index (χ2v) is 4.06. The van der Waals surface area contributed by atoms with E-state index in [1.807, 2.05) is 4.98 Å². The molecule has 1 saturated heterocycles. The van der Waals surface area contributed by atoms with Gasteiger partial charge in [0, 0.05) is 6.07 Å². The van der Waals surface area contributed by atoms with Gasteiger partial charge in [0.2, 0.25) is 0 Å². The second-order valence-electron chi connectivity index (χ2n) is 4.06. The first kappa shape index (κ1) is 13.0. The van der Waals surface area contributed by atoms with Crippen LogP contribution in [0, 0.1) is 5.92 Å². The minimum atomic E-state index is -1.08. The lowest BCUT2D eigenvalue weighted by Gasteiger charge is -2.15. The molecular formula is C10H11N3O6. The monoisotopic (exact) mass is 269 g/mol. The van der Waals surface area contributed by atoms with E-state index >= 15 is 0 Å². The summed E-state index contributed by atoms with van der Waals surface area (Å²) in [5, 5.41) is 11.3. The van der Waals surface area contributed by atoms with E-state index in [-0.39, 0.29) is 18.9 Å². The summed E-state index contributed by atoms with van der Waals surface area (Å²) in [4.78, 5) is 48.8. The van der Waals surface area contributed by atoms with Gasteiger partial charge in [-0.25, -0.2) is 4.79 Å². The van der Waals surface area contributed by atoms with E-state index in [1.54, 1.807) is 0 Å². The summed E-state index contributed by atoms with van der Waals surface area (Å²) in [7, 11) is 0. The number of carboxylic acids is 1. The molecule has 2 rings (SSSR count). The molecule has 0 radical (unpaired) electrons. The quantitative estimate of drug-likeness (QED) is 0.495. The Morgan fingerprint density at radius 2 is 2.05 bits per heavy atom. The van der Waals surface area contributed by atoms with Crippen LogP contribution in [0.15, 0.2) is 15.7 Å². The van der Waals surface area contributed by atoms with Crippen molar-refractivity contribution in [2.45, 2.75) is 6.04 Å². The number of carboxylic acid groups (broad SMARTS) is 1. The molecule has 102 valence electrons. The Bertz CT molecular complexity index is 590. The average molecular weight is 269 g/mol. The standard InChI is InChI=1S/C10H11N3O6/c14-7-1-5(12-10(18)13-7)8(15)11-6-3-19-2-4(6)9(16)17/h1,4,6H,2-3H2,(H,11,15)(H,16,17)(H2,12,13,14,18). The first-order chi connectivity index (χ1) is 8.97. The summed E-state index contributed by atoms with van der Waals surface area (Å²) >= 11 is 0. The van der Waals surface area contributed by atoms with E-state index < -0.39 is 35.1 Å². The number of aliphatic carboxylic acids is 1. The van der Waals surface area contributed by atoms with Gasteiger partial charge >= 0.3 is 11.7 Å². The number of nitrogens with one attached hydrogen (secondary N) is 3. The van der Waals surface area contributed by atoms with Gasteiger partial charge in [0.15, 0.2) is 0 Å². The molecule has 1 aliphatic heterocycles.